The Morgan fingerprint density at radius 1 is 1.35 bits per heavy atom. The Morgan fingerprint density at radius 3 is 2.65 bits per heavy atom. The van der Waals surface area contributed by atoms with Gasteiger partial charge in [-0.25, -0.2) is 0 Å². The summed E-state index contributed by atoms with van der Waals surface area (Å²) in [6.45, 7) is 10.1. The minimum absolute atomic E-state index is 0.284. The van der Waals surface area contributed by atoms with Gasteiger partial charge in [-0.15, -0.1) is 0 Å². The highest BCUT2D eigenvalue weighted by Gasteiger charge is 2.12. The highest BCUT2D eigenvalue weighted by Crippen LogP contribution is 2.18. The minimum atomic E-state index is 0.284. The van der Waals surface area contributed by atoms with E-state index in [1.807, 2.05) is 26.8 Å². The summed E-state index contributed by atoms with van der Waals surface area (Å²) in [4.78, 5) is 6.32. The van der Waals surface area contributed by atoms with Gasteiger partial charge in [0.25, 0.3) is 0 Å². The molecule has 1 N–H and O–H groups in total. The summed E-state index contributed by atoms with van der Waals surface area (Å²) in [5.74, 6) is 0.284. The lowest BCUT2D eigenvalue weighted by Crippen LogP contribution is -2.35. The molecule has 0 radical (unpaired) electrons. The highest BCUT2D eigenvalue weighted by atomic mass is 16.5. The molecule has 17 heavy (non-hydrogen) atoms. The molecule has 96 valence electrons. The number of rotatable bonds is 2. The van der Waals surface area contributed by atoms with E-state index >= 15 is 0 Å². The number of aromatic hydroxyl groups is 1. The fraction of sp³-hybridized carbons (Fsp3) is 0.615. The smallest absolute Gasteiger partial charge is 0.138 e. The van der Waals surface area contributed by atoms with Crippen molar-refractivity contribution in [2.24, 2.45) is 0 Å². The first kappa shape index (κ1) is 13.9. The first-order valence-corrected chi connectivity index (χ1v) is 6.20. The third-order valence-corrected chi connectivity index (χ3v) is 2.60. The number of aryl methyl sites for hydroxylation is 1. The fourth-order valence-corrected chi connectivity index (χ4v) is 1.74. The van der Waals surface area contributed by atoms with Crippen LogP contribution in [0.2, 0.25) is 0 Å². The van der Waals surface area contributed by atoms with E-state index < -0.39 is 0 Å². The SMILES string of the molecule is CC.Cc1cc(CN2CCOCC2)c(O)cn1. The standard InChI is InChI=1S/C11H16N2O2.C2H6/c1-9-6-10(11(14)7-12-9)8-13-2-4-15-5-3-13;1-2/h6-7,14H,2-5,8H2,1H3;1-2H3. The van der Waals surface area contributed by atoms with E-state index in [0.29, 0.717) is 0 Å². The van der Waals surface area contributed by atoms with Crippen LogP contribution >= 0.6 is 0 Å². The summed E-state index contributed by atoms with van der Waals surface area (Å²) >= 11 is 0. The third-order valence-electron chi connectivity index (χ3n) is 2.60. The Kier molecular flexibility index (Phi) is 5.94. The van der Waals surface area contributed by atoms with Crippen molar-refractivity contribution in [2.75, 3.05) is 26.3 Å². The molecule has 0 aliphatic carbocycles. The minimum Gasteiger partial charge on any atom is -0.506 e. The first-order chi connectivity index (χ1) is 8.25. The molecular formula is C13H22N2O2. The molecule has 0 aromatic carbocycles. The molecule has 1 aliphatic rings. The lowest BCUT2D eigenvalue weighted by Gasteiger charge is -2.26. The Labute approximate surface area is 103 Å². The first-order valence-electron chi connectivity index (χ1n) is 6.20. The van der Waals surface area contributed by atoms with Crippen molar-refractivity contribution in [1.82, 2.24) is 9.88 Å². The molecule has 1 aromatic rings. The zero-order valence-corrected chi connectivity index (χ0v) is 10.9. The van der Waals surface area contributed by atoms with Crippen LogP contribution in [0.5, 0.6) is 5.75 Å². The quantitative estimate of drug-likeness (QED) is 0.855. The van der Waals surface area contributed by atoms with Crippen LogP contribution in [0.15, 0.2) is 12.3 Å². The second-order valence-electron chi connectivity index (χ2n) is 3.84. The molecule has 2 rings (SSSR count). The molecule has 0 bridgehead atoms. The second-order valence-corrected chi connectivity index (χ2v) is 3.84. The number of hydrogen-bond acceptors (Lipinski definition) is 4. The van der Waals surface area contributed by atoms with Gasteiger partial charge in [0.1, 0.15) is 5.75 Å². The van der Waals surface area contributed by atoms with Crippen LogP contribution < -0.4 is 0 Å². The molecule has 1 aromatic heterocycles. The van der Waals surface area contributed by atoms with E-state index in [1.54, 1.807) is 0 Å². The molecule has 0 saturated carbocycles. The number of pyridine rings is 1. The summed E-state index contributed by atoms with van der Waals surface area (Å²) in [5.41, 5.74) is 1.89. The zero-order valence-electron chi connectivity index (χ0n) is 10.9. The lowest BCUT2D eigenvalue weighted by molar-refractivity contribution is 0.0338. The van der Waals surface area contributed by atoms with Gasteiger partial charge in [0.2, 0.25) is 0 Å². The number of ether oxygens (including phenoxy) is 1. The third kappa shape index (κ3) is 4.32. The molecule has 0 spiro atoms. The van der Waals surface area contributed by atoms with Crippen molar-refractivity contribution in [1.29, 1.82) is 0 Å². The van der Waals surface area contributed by atoms with E-state index in [0.717, 1.165) is 44.1 Å². The van der Waals surface area contributed by atoms with Crippen molar-refractivity contribution >= 4 is 0 Å². The molecule has 0 amide bonds. The second kappa shape index (κ2) is 7.25. The fourth-order valence-electron chi connectivity index (χ4n) is 1.74. The highest BCUT2D eigenvalue weighted by molar-refractivity contribution is 5.30. The summed E-state index contributed by atoms with van der Waals surface area (Å²) in [6, 6.07) is 1.94. The van der Waals surface area contributed by atoms with Crippen LogP contribution in [0.1, 0.15) is 25.1 Å². The van der Waals surface area contributed by atoms with Gasteiger partial charge in [0.15, 0.2) is 0 Å². The van der Waals surface area contributed by atoms with Crippen molar-refractivity contribution < 1.29 is 9.84 Å². The van der Waals surface area contributed by atoms with Gasteiger partial charge in [0.05, 0.1) is 19.4 Å². The van der Waals surface area contributed by atoms with Gasteiger partial charge in [-0.05, 0) is 13.0 Å². The van der Waals surface area contributed by atoms with Crippen LogP contribution in [0.4, 0.5) is 0 Å². The van der Waals surface area contributed by atoms with E-state index in [1.165, 1.54) is 6.20 Å². The van der Waals surface area contributed by atoms with Crippen molar-refractivity contribution in [3.8, 4) is 5.75 Å². The van der Waals surface area contributed by atoms with E-state index in [9.17, 15) is 5.11 Å². The summed E-state index contributed by atoms with van der Waals surface area (Å²) in [5, 5.41) is 9.65. The van der Waals surface area contributed by atoms with Gasteiger partial charge >= 0.3 is 0 Å². The number of nitrogens with zero attached hydrogens (tertiary/aromatic N) is 2. The van der Waals surface area contributed by atoms with Gasteiger partial charge in [0, 0.05) is 30.9 Å². The van der Waals surface area contributed by atoms with Crippen LogP contribution in [0.3, 0.4) is 0 Å². The van der Waals surface area contributed by atoms with Crippen molar-refractivity contribution in [2.45, 2.75) is 27.3 Å². The maximum Gasteiger partial charge on any atom is 0.138 e. The zero-order chi connectivity index (χ0) is 12.7. The molecule has 1 aliphatic heterocycles. The van der Waals surface area contributed by atoms with Gasteiger partial charge in [-0.2, -0.15) is 0 Å². The Morgan fingerprint density at radius 2 is 2.00 bits per heavy atom. The Bertz CT molecular complexity index is 336. The summed E-state index contributed by atoms with van der Waals surface area (Å²) < 4.78 is 5.27. The molecule has 1 saturated heterocycles. The largest absolute Gasteiger partial charge is 0.506 e. The number of aromatic nitrogens is 1. The Balaban J connectivity index is 0.000000686. The summed E-state index contributed by atoms with van der Waals surface area (Å²) in [7, 11) is 0. The Hall–Kier alpha value is -1.13. The predicted octanol–water partition coefficient (Wildman–Crippen LogP) is 1.95. The van der Waals surface area contributed by atoms with Crippen molar-refractivity contribution in [3.05, 3.63) is 23.5 Å². The molecule has 0 atom stereocenters. The number of hydrogen-bond donors (Lipinski definition) is 1. The van der Waals surface area contributed by atoms with Gasteiger partial charge in [-0.1, -0.05) is 13.8 Å². The van der Waals surface area contributed by atoms with Gasteiger partial charge < -0.3 is 9.84 Å². The molecule has 2 heterocycles. The van der Waals surface area contributed by atoms with Crippen molar-refractivity contribution in [3.63, 3.8) is 0 Å². The molecular weight excluding hydrogens is 216 g/mol. The molecule has 1 fully saturated rings. The van der Waals surface area contributed by atoms with Crippen LogP contribution in [0, 0.1) is 6.92 Å². The normalized spacial score (nSPS) is 16.2. The van der Waals surface area contributed by atoms with Crippen LogP contribution in [0.25, 0.3) is 0 Å². The molecule has 4 heteroatoms. The number of morpholine rings is 1. The molecule has 4 nitrogen and oxygen atoms in total. The van der Waals surface area contributed by atoms with Crippen LogP contribution in [-0.4, -0.2) is 41.3 Å². The predicted molar refractivity (Wildman–Crippen MR) is 68.1 cm³/mol. The maximum atomic E-state index is 9.65. The topological polar surface area (TPSA) is 45.6 Å². The van der Waals surface area contributed by atoms with E-state index in [-0.39, 0.29) is 5.75 Å². The average molecular weight is 238 g/mol. The summed E-state index contributed by atoms with van der Waals surface area (Å²) in [6.07, 6.45) is 1.52. The molecule has 0 unspecified atom stereocenters. The van der Waals surface area contributed by atoms with E-state index in [4.69, 9.17) is 4.74 Å². The maximum absolute atomic E-state index is 9.65. The van der Waals surface area contributed by atoms with Crippen LogP contribution in [-0.2, 0) is 11.3 Å². The van der Waals surface area contributed by atoms with Gasteiger partial charge in [-0.3, -0.25) is 9.88 Å². The average Bonchev–Trinajstić information content (AvgIpc) is 2.38. The monoisotopic (exact) mass is 238 g/mol. The van der Waals surface area contributed by atoms with E-state index in [2.05, 4.69) is 9.88 Å². The lowest BCUT2D eigenvalue weighted by atomic mass is 10.2.